The first-order valence-electron chi connectivity index (χ1n) is 5.66. The Morgan fingerprint density at radius 3 is 2.87 bits per heavy atom. The Kier molecular flexibility index (Phi) is 2.79. The summed E-state index contributed by atoms with van der Waals surface area (Å²) in [6.45, 7) is 4.49. The van der Waals surface area contributed by atoms with Gasteiger partial charge in [-0.25, -0.2) is 0 Å². The van der Waals surface area contributed by atoms with Crippen molar-refractivity contribution >= 4 is 5.78 Å². The lowest BCUT2D eigenvalue weighted by Crippen LogP contribution is -2.27. The van der Waals surface area contributed by atoms with Crippen LogP contribution < -0.4 is 0 Å². The Balaban J connectivity index is 1.91. The van der Waals surface area contributed by atoms with Gasteiger partial charge in [0.2, 0.25) is 0 Å². The van der Waals surface area contributed by atoms with E-state index in [9.17, 15) is 4.79 Å². The molecule has 15 heavy (non-hydrogen) atoms. The first-order valence-corrected chi connectivity index (χ1v) is 5.66. The zero-order valence-electron chi connectivity index (χ0n) is 9.45. The average molecular weight is 206 g/mol. The van der Waals surface area contributed by atoms with Gasteiger partial charge < -0.3 is 4.74 Å². The SMILES string of the molecule is CC(CC1=CCCC=C1)C(=O)C1(C)CO1. The van der Waals surface area contributed by atoms with Crippen LogP contribution in [0, 0.1) is 5.92 Å². The summed E-state index contributed by atoms with van der Waals surface area (Å²) in [6.07, 6.45) is 9.66. The van der Waals surface area contributed by atoms with E-state index in [1.54, 1.807) is 0 Å². The summed E-state index contributed by atoms with van der Waals surface area (Å²) in [7, 11) is 0. The van der Waals surface area contributed by atoms with Gasteiger partial charge in [0.05, 0.1) is 6.61 Å². The maximum absolute atomic E-state index is 11.9. The molecule has 2 unspecified atom stereocenters. The topological polar surface area (TPSA) is 29.6 Å². The molecule has 0 aromatic carbocycles. The van der Waals surface area contributed by atoms with Gasteiger partial charge in [-0.1, -0.05) is 30.7 Å². The van der Waals surface area contributed by atoms with Crippen molar-refractivity contribution < 1.29 is 9.53 Å². The zero-order chi connectivity index (χ0) is 10.9. The van der Waals surface area contributed by atoms with E-state index in [1.165, 1.54) is 5.57 Å². The molecule has 1 heterocycles. The predicted molar refractivity (Wildman–Crippen MR) is 59.6 cm³/mol. The zero-order valence-corrected chi connectivity index (χ0v) is 9.45. The van der Waals surface area contributed by atoms with Crippen molar-refractivity contribution in [2.75, 3.05) is 6.61 Å². The highest BCUT2D eigenvalue weighted by atomic mass is 16.6. The summed E-state index contributed by atoms with van der Waals surface area (Å²) in [5.74, 6) is 0.328. The van der Waals surface area contributed by atoms with Gasteiger partial charge in [0.1, 0.15) is 5.60 Å². The van der Waals surface area contributed by atoms with Gasteiger partial charge in [0.15, 0.2) is 5.78 Å². The Bertz CT molecular complexity index is 321. The summed E-state index contributed by atoms with van der Waals surface area (Å²) < 4.78 is 5.18. The molecule has 1 fully saturated rings. The van der Waals surface area contributed by atoms with E-state index in [0.717, 1.165) is 19.3 Å². The van der Waals surface area contributed by atoms with Crippen LogP contribution in [-0.2, 0) is 9.53 Å². The van der Waals surface area contributed by atoms with Gasteiger partial charge in [0.25, 0.3) is 0 Å². The molecule has 0 spiro atoms. The Hall–Kier alpha value is -0.890. The second-order valence-corrected chi connectivity index (χ2v) is 4.75. The third-order valence-electron chi connectivity index (χ3n) is 3.16. The normalized spacial score (nSPS) is 30.9. The molecule has 2 atom stereocenters. The van der Waals surface area contributed by atoms with E-state index in [0.29, 0.717) is 6.61 Å². The quantitative estimate of drug-likeness (QED) is 0.662. The van der Waals surface area contributed by atoms with Crippen molar-refractivity contribution in [2.24, 2.45) is 5.92 Å². The monoisotopic (exact) mass is 206 g/mol. The highest BCUT2D eigenvalue weighted by molar-refractivity contribution is 5.91. The van der Waals surface area contributed by atoms with E-state index >= 15 is 0 Å². The van der Waals surface area contributed by atoms with Crippen LogP contribution in [-0.4, -0.2) is 18.0 Å². The van der Waals surface area contributed by atoms with Crippen molar-refractivity contribution in [3.05, 3.63) is 23.8 Å². The minimum atomic E-state index is -0.460. The summed E-state index contributed by atoms with van der Waals surface area (Å²) in [5.41, 5.74) is 0.838. The molecular formula is C13H18O2. The molecule has 0 bridgehead atoms. The Labute approximate surface area is 91.0 Å². The molecule has 0 aromatic rings. The molecule has 0 aromatic heterocycles. The van der Waals surface area contributed by atoms with Gasteiger partial charge in [-0.05, 0) is 26.2 Å². The van der Waals surface area contributed by atoms with E-state index in [4.69, 9.17) is 4.74 Å². The fourth-order valence-corrected chi connectivity index (χ4v) is 2.04. The minimum absolute atomic E-state index is 0.0755. The standard InChI is InChI=1S/C13H18O2/c1-10(12(14)13(2)9-15-13)8-11-6-4-3-5-7-11/h4,6-7,10H,3,5,8-9H2,1-2H3. The van der Waals surface area contributed by atoms with Crippen LogP contribution in [0.1, 0.15) is 33.1 Å². The molecule has 0 N–H and O–H groups in total. The fourth-order valence-electron chi connectivity index (χ4n) is 2.04. The number of hydrogen-bond donors (Lipinski definition) is 0. The molecule has 1 saturated heterocycles. The minimum Gasteiger partial charge on any atom is -0.362 e. The first kappa shape index (κ1) is 10.6. The smallest absolute Gasteiger partial charge is 0.169 e. The second kappa shape index (κ2) is 3.93. The van der Waals surface area contributed by atoms with Crippen LogP contribution in [0.15, 0.2) is 23.8 Å². The largest absolute Gasteiger partial charge is 0.362 e. The van der Waals surface area contributed by atoms with Crippen LogP contribution in [0.3, 0.4) is 0 Å². The van der Waals surface area contributed by atoms with Crippen molar-refractivity contribution in [1.82, 2.24) is 0 Å². The Morgan fingerprint density at radius 2 is 2.33 bits per heavy atom. The van der Waals surface area contributed by atoms with E-state index < -0.39 is 5.60 Å². The third kappa shape index (κ3) is 2.37. The van der Waals surface area contributed by atoms with Crippen LogP contribution in [0.25, 0.3) is 0 Å². The van der Waals surface area contributed by atoms with Crippen molar-refractivity contribution in [2.45, 2.75) is 38.7 Å². The molecule has 2 heteroatoms. The summed E-state index contributed by atoms with van der Waals surface area (Å²) in [6, 6.07) is 0. The van der Waals surface area contributed by atoms with Crippen LogP contribution >= 0.6 is 0 Å². The predicted octanol–water partition coefficient (Wildman–Crippen LogP) is 2.65. The number of Topliss-reactive ketones (excluding diaryl/α,β-unsaturated/α-hetero) is 1. The maximum atomic E-state index is 11.9. The lowest BCUT2D eigenvalue weighted by atomic mass is 9.89. The second-order valence-electron chi connectivity index (χ2n) is 4.75. The van der Waals surface area contributed by atoms with Crippen LogP contribution in [0.4, 0.5) is 0 Å². The summed E-state index contributed by atoms with van der Waals surface area (Å²) >= 11 is 0. The van der Waals surface area contributed by atoms with E-state index in [1.807, 2.05) is 13.8 Å². The molecule has 0 amide bonds. The molecule has 2 nitrogen and oxygen atoms in total. The highest BCUT2D eigenvalue weighted by Crippen LogP contribution is 2.32. The number of ketones is 1. The number of carbonyl (C=O) groups is 1. The summed E-state index contributed by atoms with van der Waals surface area (Å²) in [4.78, 5) is 11.9. The molecule has 2 rings (SSSR count). The number of ether oxygens (including phenoxy) is 1. The lowest BCUT2D eigenvalue weighted by Gasteiger charge is -2.14. The first-order chi connectivity index (χ1) is 7.12. The number of hydrogen-bond acceptors (Lipinski definition) is 2. The van der Waals surface area contributed by atoms with Gasteiger partial charge in [-0.2, -0.15) is 0 Å². The molecule has 1 aliphatic carbocycles. The van der Waals surface area contributed by atoms with Crippen LogP contribution in [0.2, 0.25) is 0 Å². The number of rotatable bonds is 4. The molecule has 2 aliphatic rings. The average Bonchev–Trinajstić information content (AvgIpc) is 2.98. The van der Waals surface area contributed by atoms with E-state index in [2.05, 4.69) is 18.2 Å². The number of epoxide rings is 1. The Morgan fingerprint density at radius 1 is 1.60 bits per heavy atom. The van der Waals surface area contributed by atoms with Crippen molar-refractivity contribution in [1.29, 1.82) is 0 Å². The fraction of sp³-hybridized carbons (Fsp3) is 0.615. The van der Waals surface area contributed by atoms with Crippen molar-refractivity contribution in [3.8, 4) is 0 Å². The van der Waals surface area contributed by atoms with Gasteiger partial charge >= 0.3 is 0 Å². The van der Waals surface area contributed by atoms with Gasteiger partial charge in [-0.3, -0.25) is 4.79 Å². The molecule has 0 radical (unpaired) electrons. The molecule has 0 saturated carbocycles. The highest BCUT2D eigenvalue weighted by Gasteiger charge is 2.48. The van der Waals surface area contributed by atoms with Crippen molar-refractivity contribution in [3.63, 3.8) is 0 Å². The van der Waals surface area contributed by atoms with Crippen LogP contribution in [0.5, 0.6) is 0 Å². The number of carbonyl (C=O) groups excluding carboxylic acids is 1. The molecule has 82 valence electrons. The maximum Gasteiger partial charge on any atom is 0.169 e. The van der Waals surface area contributed by atoms with Gasteiger partial charge in [-0.15, -0.1) is 0 Å². The number of allylic oxidation sites excluding steroid dienone is 4. The van der Waals surface area contributed by atoms with E-state index in [-0.39, 0.29) is 11.7 Å². The third-order valence-corrected chi connectivity index (χ3v) is 3.16. The molecule has 1 aliphatic heterocycles. The summed E-state index contributed by atoms with van der Waals surface area (Å²) in [5, 5.41) is 0. The lowest BCUT2D eigenvalue weighted by molar-refractivity contribution is -0.126. The van der Waals surface area contributed by atoms with Gasteiger partial charge in [0, 0.05) is 5.92 Å². The molecular weight excluding hydrogens is 188 g/mol.